The lowest BCUT2D eigenvalue weighted by molar-refractivity contribution is -0.137. The highest BCUT2D eigenvalue weighted by Gasteiger charge is 2.35. The summed E-state index contributed by atoms with van der Waals surface area (Å²) in [4.78, 5) is 25.6. The van der Waals surface area contributed by atoms with Gasteiger partial charge in [0, 0.05) is 21.8 Å². The van der Waals surface area contributed by atoms with Gasteiger partial charge in [-0.25, -0.2) is 0 Å². The Balaban J connectivity index is 1.98. The Hall–Kier alpha value is -3.02. The van der Waals surface area contributed by atoms with Crippen molar-refractivity contribution in [3.63, 3.8) is 0 Å². The van der Waals surface area contributed by atoms with Crippen LogP contribution in [0.15, 0.2) is 69.7 Å². The van der Waals surface area contributed by atoms with Crippen LogP contribution in [0.4, 0.5) is 5.69 Å². The van der Waals surface area contributed by atoms with Crippen LogP contribution in [0.5, 0.6) is 0 Å². The molecule has 3 rings (SSSR count). The number of nitriles is 1. The predicted octanol–water partition coefficient (Wildman–Crippen LogP) is 3.99. The van der Waals surface area contributed by atoms with E-state index in [1.54, 1.807) is 6.92 Å². The van der Waals surface area contributed by atoms with E-state index in [4.69, 9.17) is 4.74 Å². The van der Waals surface area contributed by atoms with Crippen molar-refractivity contribution in [1.82, 2.24) is 5.32 Å². The normalized spacial score (nSPS) is 16.1. The monoisotopic (exact) mass is 425 g/mol. The number of allylic oxidation sites excluding steroid dienone is 2. The lowest BCUT2D eigenvalue weighted by Crippen LogP contribution is -2.30. The van der Waals surface area contributed by atoms with Crippen molar-refractivity contribution in [3.8, 4) is 6.07 Å². The summed E-state index contributed by atoms with van der Waals surface area (Å²) in [5, 5.41) is 18.4. The van der Waals surface area contributed by atoms with Gasteiger partial charge in [-0.2, -0.15) is 5.26 Å². The number of methoxy groups -OCH3 is 1. The number of hydrogen-bond acceptors (Lipinski definition) is 7. The minimum atomic E-state index is -0.509. The van der Waals surface area contributed by atoms with Crippen molar-refractivity contribution in [2.45, 2.75) is 12.8 Å². The minimum absolute atomic E-state index is 0.0694. The molecule has 0 aliphatic carbocycles. The highest BCUT2D eigenvalue weighted by molar-refractivity contribution is 8.03. The number of thioether (sulfide) groups is 1. The molecule has 0 saturated heterocycles. The van der Waals surface area contributed by atoms with E-state index in [2.05, 4.69) is 16.7 Å². The third-order valence-corrected chi connectivity index (χ3v) is 6.24. The summed E-state index contributed by atoms with van der Waals surface area (Å²) in [5.74, 6) is -1.10. The van der Waals surface area contributed by atoms with Crippen LogP contribution in [0.3, 0.4) is 0 Å². The van der Waals surface area contributed by atoms with Crippen LogP contribution in [-0.4, -0.2) is 24.7 Å². The molecule has 29 heavy (non-hydrogen) atoms. The van der Waals surface area contributed by atoms with Crippen LogP contribution in [-0.2, 0) is 14.3 Å². The molecule has 0 spiro atoms. The maximum Gasteiger partial charge on any atom is 0.316 e. The molecule has 0 bridgehead atoms. The van der Waals surface area contributed by atoms with E-state index in [1.165, 1.54) is 30.2 Å². The second kappa shape index (κ2) is 9.45. The van der Waals surface area contributed by atoms with Crippen LogP contribution in [0.2, 0.25) is 0 Å². The van der Waals surface area contributed by atoms with Crippen LogP contribution in [0, 0.1) is 11.3 Å². The number of anilines is 1. The van der Waals surface area contributed by atoms with Crippen LogP contribution in [0.25, 0.3) is 0 Å². The Morgan fingerprint density at radius 3 is 2.66 bits per heavy atom. The molecule has 1 aromatic carbocycles. The Morgan fingerprint density at radius 2 is 2.03 bits per heavy atom. The predicted molar refractivity (Wildman–Crippen MR) is 115 cm³/mol. The molecule has 0 unspecified atom stereocenters. The first kappa shape index (κ1) is 20.7. The van der Waals surface area contributed by atoms with Gasteiger partial charge in [0.25, 0.3) is 5.91 Å². The fraction of sp³-hybridized carbons (Fsp3) is 0.190. The molecule has 2 N–H and O–H groups in total. The lowest BCUT2D eigenvalue weighted by atomic mass is 9.86. The van der Waals surface area contributed by atoms with Gasteiger partial charge < -0.3 is 15.4 Å². The second-order valence-electron chi connectivity index (χ2n) is 6.15. The molecule has 1 aliphatic heterocycles. The molecule has 0 fully saturated rings. The van der Waals surface area contributed by atoms with Crippen molar-refractivity contribution < 1.29 is 14.3 Å². The molecular formula is C21H19N3O3S2. The molecule has 1 atom stereocenters. The fourth-order valence-corrected chi connectivity index (χ4v) is 4.74. The van der Waals surface area contributed by atoms with Crippen LogP contribution in [0.1, 0.15) is 17.7 Å². The molecule has 1 aromatic heterocycles. The zero-order valence-corrected chi connectivity index (χ0v) is 17.5. The molecular weight excluding hydrogens is 406 g/mol. The van der Waals surface area contributed by atoms with Crippen molar-refractivity contribution in [1.29, 1.82) is 5.26 Å². The molecule has 1 aliphatic rings. The quantitative estimate of drug-likeness (QED) is 0.680. The summed E-state index contributed by atoms with van der Waals surface area (Å²) in [6.07, 6.45) is 0. The number of benzene rings is 1. The summed E-state index contributed by atoms with van der Waals surface area (Å²) >= 11 is 2.68. The maximum absolute atomic E-state index is 13.1. The van der Waals surface area contributed by atoms with Gasteiger partial charge >= 0.3 is 5.97 Å². The zero-order valence-electron chi connectivity index (χ0n) is 15.9. The molecule has 0 radical (unpaired) electrons. The topological polar surface area (TPSA) is 91.2 Å². The smallest absolute Gasteiger partial charge is 0.316 e. The lowest BCUT2D eigenvalue weighted by Gasteiger charge is -2.29. The van der Waals surface area contributed by atoms with Gasteiger partial charge in [0.05, 0.1) is 35.5 Å². The van der Waals surface area contributed by atoms with Crippen molar-refractivity contribution in [2.24, 2.45) is 0 Å². The van der Waals surface area contributed by atoms with Gasteiger partial charge in [-0.05, 0) is 30.5 Å². The number of ether oxygens (including phenoxy) is 1. The van der Waals surface area contributed by atoms with Crippen LogP contribution < -0.4 is 10.6 Å². The standard InChI is InChI=1S/C21H19N3O3S2/c1-13-18(20(26)24-14-7-4-3-5-8-14)19(16-9-6-10-28-16)15(11-22)21(23-13)29-12-17(25)27-2/h3-10,19,23H,12H2,1-2H3,(H,24,26)/t19-/m0/s1. The first-order valence-corrected chi connectivity index (χ1v) is 10.6. The molecule has 8 heteroatoms. The highest BCUT2D eigenvalue weighted by atomic mass is 32.2. The number of esters is 1. The third kappa shape index (κ3) is 4.70. The van der Waals surface area contributed by atoms with E-state index in [0.29, 0.717) is 27.6 Å². The number of hydrogen-bond donors (Lipinski definition) is 2. The van der Waals surface area contributed by atoms with E-state index in [-0.39, 0.29) is 17.6 Å². The minimum Gasteiger partial charge on any atom is -0.468 e. The third-order valence-electron chi connectivity index (χ3n) is 4.31. The molecule has 2 aromatic rings. The number of para-hydroxylation sites is 1. The highest BCUT2D eigenvalue weighted by Crippen LogP contribution is 2.42. The average Bonchev–Trinajstić information content (AvgIpc) is 3.26. The number of carbonyl (C=O) groups is 2. The van der Waals surface area contributed by atoms with E-state index in [0.717, 1.165) is 4.88 Å². The second-order valence-corrected chi connectivity index (χ2v) is 8.12. The number of nitrogens with one attached hydrogen (secondary N) is 2. The van der Waals surface area contributed by atoms with Gasteiger partial charge in [-0.1, -0.05) is 36.0 Å². The number of dihydropyridines is 1. The van der Waals surface area contributed by atoms with E-state index >= 15 is 0 Å². The number of nitrogens with zero attached hydrogens (tertiary/aromatic N) is 1. The molecule has 148 valence electrons. The molecule has 2 heterocycles. The number of rotatable bonds is 6. The first-order chi connectivity index (χ1) is 14.0. The number of carbonyl (C=O) groups excluding carboxylic acids is 2. The maximum atomic E-state index is 13.1. The summed E-state index contributed by atoms with van der Waals surface area (Å²) < 4.78 is 4.69. The Bertz CT molecular complexity index is 1010. The van der Waals surface area contributed by atoms with E-state index < -0.39 is 5.92 Å². The van der Waals surface area contributed by atoms with Gasteiger partial charge in [0.1, 0.15) is 0 Å². The summed E-state index contributed by atoms with van der Waals surface area (Å²) in [7, 11) is 1.32. The molecule has 6 nitrogen and oxygen atoms in total. The summed E-state index contributed by atoms with van der Waals surface area (Å²) in [6.45, 7) is 1.80. The van der Waals surface area contributed by atoms with Crippen molar-refractivity contribution in [3.05, 3.63) is 74.6 Å². The Kier molecular flexibility index (Phi) is 6.75. The van der Waals surface area contributed by atoms with Gasteiger partial charge in [0.15, 0.2) is 0 Å². The average molecular weight is 426 g/mol. The Morgan fingerprint density at radius 1 is 1.28 bits per heavy atom. The van der Waals surface area contributed by atoms with Gasteiger partial charge in [-0.3, -0.25) is 9.59 Å². The van der Waals surface area contributed by atoms with E-state index in [1.807, 2.05) is 47.8 Å². The van der Waals surface area contributed by atoms with Crippen molar-refractivity contribution >= 4 is 40.7 Å². The van der Waals surface area contributed by atoms with Gasteiger partial charge in [0.2, 0.25) is 0 Å². The number of thiophene rings is 1. The Labute approximate surface area is 177 Å². The van der Waals surface area contributed by atoms with E-state index in [9.17, 15) is 14.9 Å². The molecule has 1 amide bonds. The first-order valence-electron chi connectivity index (χ1n) is 8.76. The fourth-order valence-electron chi connectivity index (χ4n) is 2.98. The summed E-state index contributed by atoms with van der Waals surface area (Å²) in [6, 6.07) is 15.2. The van der Waals surface area contributed by atoms with Crippen LogP contribution >= 0.6 is 23.1 Å². The molecule has 0 saturated carbocycles. The van der Waals surface area contributed by atoms with Gasteiger partial charge in [-0.15, -0.1) is 11.3 Å². The zero-order chi connectivity index (χ0) is 20.8. The van der Waals surface area contributed by atoms with Crippen molar-refractivity contribution in [2.75, 3.05) is 18.2 Å². The summed E-state index contributed by atoms with van der Waals surface area (Å²) in [5.41, 5.74) is 2.21. The largest absolute Gasteiger partial charge is 0.468 e. The SMILES string of the molecule is COC(=O)CSC1=C(C#N)[C@@H](c2cccs2)C(C(=O)Nc2ccccc2)=C(C)N1. The number of amides is 1.